The fraction of sp³-hybridized carbons (Fsp3) is 0.632. The first-order chi connectivity index (χ1) is 11.9. The maximum Gasteiger partial charge on any atom is 0.243 e. The Morgan fingerprint density at radius 1 is 1.24 bits per heavy atom. The van der Waals surface area contributed by atoms with Gasteiger partial charge in [-0.3, -0.25) is 4.79 Å². The van der Waals surface area contributed by atoms with Crippen molar-refractivity contribution in [1.82, 2.24) is 4.31 Å². The highest BCUT2D eigenvalue weighted by molar-refractivity contribution is 7.89. The zero-order valence-corrected chi connectivity index (χ0v) is 16.3. The van der Waals surface area contributed by atoms with Crippen molar-refractivity contribution in [2.45, 2.75) is 70.2 Å². The summed E-state index contributed by atoms with van der Waals surface area (Å²) >= 11 is 0. The smallest absolute Gasteiger partial charge is 0.243 e. The lowest BCUT2D eigenvalue weighted by Crippen LogP contribution is -2.43. The van der Waals surface area contributed by atoms with Crippen LogP contribution in [0.3, 0.4) is 0 Å². The third kappa shape index (κ3) is 4.82. The Morgan fingerprint density at radius 3 is 2.52 bits per heavy atom. The molecule has 2 rings (SSSR count). The predicted molar refractivity (Wildman–Crippen MR) is 101 cm³/mol. The minimum atomic E-state index is -3.47. The zero-order valence-electron chi connectivity index (χ0n) is 15.5. The fourth-order valence-corrected chi connectivity index (χ4v) is 5.14. The summed E-state index contributed by atoms with van der Waals surface area (Å²) in [5, 5.41) is 2.86. The molecule has 0 bridgehead atoms. The monoisotopic (exact) mass is 366 g/mol. The third-order valence-electron chi connectivity index (χ3n) is 4.94. The number of benzene rings is 1. The summed E-state index contributed by atoms with van der Waals surface area (Å²) in [5.74, 6) is -0.0772. The van der Waals surface area contributed by atoms with E-state index < -0.39 is 10.0 Å². The van der Waals surface area contributed by atoms with Gasteiger partial charge in [0.25, 0.3) is 0 Å². The van der Waals surface area contributed by atoms with E-state index in [1.54, 1.807) is 28.6 Å². The molecule has 1 aliphatic rings. The van der Waals surface area contributed by atoms with Crippen molar-refractivity contribution in [2.75, 3.05) is 11.9 Å². The fourth-order valence-electron chi connectivity index (χ4n) is 3.37. The predicted octanol–water partition coefficient (Wildman–Crippen LogP) is 4.01. The van der Waals surface area contributed by atoms with Gasteiger partial charge in [0, 0.05) is 24.2 Å². The molecule has 5 nitrogen and oxygen atoms in total. The van der Waals surface area contributed by atoms with Crippen molar-refractivity contribution in [3.05, 3.63) is 24.3 Å². The number of sulfonamides is 1. The van der Waals surface area contributed by atoms with Gasteiger partial charge in [0.2, 0.25) is 15.9 Å². The molecule has 1 aromatic carbocycles. The van der Waals surface area contributed by atoms with Crippen molar-refractivity contribution in [1.29, 1.82) is 0 Å². The van der Waals surface area contributed by atoms with E-state index >= 15 is 0 Å². The number of nitrogens with zero attached hydrogens (tertiary/aromatic N) is 1. The van der Waals surface area contributed by atoms with Gasteiger partial charge in [0.05, 0.1) is 4.90 Å². The van der Waals surface area contributed by atoms with E-state index in [2.05, 4.69) is 5.32 Å². The topological polar surface area (TPSA) is 66.5 Å². The Bertz CT molecular complexity index is 670. The summed E-state index contributed by atoms with van der Waals surface area (Å²) < 4.78 is 27.5. The Labute approximate surface area is 151 Å². The highest BCUT2D eigenvalue weighted by atomic mass is 32.2. The normalized spacial score (nSPS) is 20.2. The number of anilines is 1. The molecule has 25 heavy (non-hydrogen) atoms. The summed E-state index contributed by atoms with van der Waals surface area (Å²) in [5.41, 5.74) is 0.637. The van der Waals surface area contributed by atoms with E-state index in [9.17, 15) is 13.2 Å². The highest BCUT2D eigenvalue weighted by Gasteiger charge is 2.32. The number of hydrogen-bond donors (Lipinski definition) is 1. The van der Waals surface area contributed by atoms with Crippen LogP contribution in [0.2, 0.25) is 0 Å². The number of amides is 1. The molecule has 6 heteroatoms. The molecule has 0 saturated carbocycles. The van der Waals surface area contributed by atoms with Gasteiger partial charge in [-0.2, -0.15) is 4.31 Å². The Hall–Kier alpha value is -1.40. The molecule has 0 aliphatic carbocycles. The minimum Gasteiger partial charge on any atom is -0.326 e. The molecule has 1 heterocycles. The van der Waals surface area contributed by atoms with Crippen LogP contribution in [-0.2, 0) is 14.8 Å². The van der Waals surface area contributed by atoms with E-state index in [-0.39, 0.29) is 17.9 Å². The lowest BCUT2D eigenvalue weighted by molar-refractivity contribution is -0.119. The molecule has 140 valence electrons. The largest absolute Gasteiger partial charge is 0.326 e. The van der Waals surface area contributed by atoms with E-state index in [0.29, 0.717) is 17.1 Å². The maximum atomic E-state index is 12.9. The molecule has 1 fully saturated rings. The Balaban J connectivity index is 2.11. The summed E-state index contributed by atoms with van der Waals surface area (Å²) in [6.45, 7) is 6.58. The third-order valence-corrected chi connectivity index (χ3v) is 6.91. The number of hydrogen-bond acceptors (Lipinski definition) is 3. The number of carbonyl (C=O) groups is 1. The molecule has 1 aromatic rings. The van der Waals surface area contributed by atoms with E-state index in [0.717, 1.165) is 38.5 Å². The van der Waals surface area contributed by atoms with Gasteiger partial charge in [0.15, 0.2) is 0 Å². The molecular weight excluding hydrogens is 336 g/mol. The van der Waals surface area contributed by atoms with Crippen LogP contribution < -0.4 is 5.32 Å². The summed E-state index contributed by atoms with van der Waals surface area (Å²) in [6.07, 6.45) is 5.57. The van der Waals surface area contributed by atoms with Crippen LogP contribution in [0.4, 0.5) is 5.69 Å². The molecule has 1 amide bonds. The van der Waals surface area contributed by atoms with Gasteiger partial charge in [-0.05, 0) is 49.9 Å². The average molecular weight is 367 g/mol. The first kappa shape index (κ1) is 19.9. The average Bonchev–Trinajstić information content (AvgIpc) is 2.62. The van der Waals surface area contributed by atoms with Gasteiger partial charge >= 0.3 is 0 Å². The molecule has 0 radical (unpaired) electrons. The van der Waals surface area contributed by atoms with Gasteiger partial charge < -0.3 is 5.32 Å². The minimum absolute atomic E-state index is 0.0282. The van der Waals surface area contributed by atoms with E-state index in [4.69, 9.17) is 0 Å². The van der Waals surface area contributed by atoms with Crippen LogP contribution in [0.1, 0.15) is 59.3 Å². The molecule has 1 N–H and O–H groups in total. The lowest BCUT2D eigenvalue weighted by atomic mass is 10.0. The number of nitrogens with one attached hydrogen (secondary N) is 1. The van der Waals surface area contributed by atoms with Crippen molar-refractivity contribution >= 4 is 21.6 Å². The second kappa shape index (κ2) is 8.81. The summed E-state index contributed by atoms with van der Waals surface area (Å²) in [7, 11) is -3.47. The Morgan fingerprint density at radius 2 is 1.92 bits per heavy atom. The molecule has 0 aromatic heterocycles. The molecule has 1 saturated heterocycles. The van der Waals surface area contributed by atoms with Gasteiger partial charge in [-0.25, -0.2) is 8.42 Å². The second-order valence-electron chi connectivity index (χ2n) is 6.88. The Kier molecular flexibility index (Phi) is 7.02. The molecular formula is C19H30N2O3S. The van der Waals surface area contributed by atoms with Crippen LogP contribution in [0.25, 0.3) is 0 Å². The number of rotatable bonds is 7. The molecule has 0 spiro atoms. The van der Waals surface area contributed by atoms with Crippen molar-refractivity contribution in [3.8, 4) is 0 Å². The van der Waals surface area contributed by atoms with Crippen molar-refractivity contribution in [2.24, 2.45) is 5.92 Å². The number of piperidine rings is 1. The first-order valence-electron chi connectivity index (χ1n) is 9.32. The van der Waals surface area contributed by atoms with E-state index in [1.807, 2.05) is 20.8 Å². The quantitative estimate of drug-likeness (QED) is 0.793. The van der Waals surface area contributed by atoms with Crippen molar-refractivity contribution in [3.63, 3.8) is 0 Å². The summed E-state index contributed by atoms with van der Waals surface area (Å²) in [6, 6.07) is 6.63. The lowest BCUT2D eigenvalue weighted by Gasteiger charge is -2.34. The first-order valence-corrected chi connectivity index (χ1v) is 10.8. The van der Waals surface area contributed by atoms with Crippen LogP contribution in [0.15, 0.2) is 29.2 Å². The SMILES string of the molecule is CCCC(C)C(=O)Nc1ccc(S(=O)(=O)N2CCCCC2CC)cc1. The van der Waals surface area contributed by atoms with Gasteiger partial charge in [-0.15, -0.1) is 0 Å². The molecule has 2 unspecified atom stereocenters. The van der Waals surface area contributed by atoms with E-state index in [1.165, 1.54) is 0 Å². The number of carbonyl (C=O) groups excluding carboxylic acids is 1. The maximum absolute atomic E-state index is 12.9. The van der Waals surface area contributed by atoms with Crippen LogP contribution in [0, 0.1) is 5.92 Å². The van der Waals surface area contributed by atoms with Crippen LogP contribution in [0.5, 0.6) is 0 Å². The molecule has 1 aliphatic heterocycles. The van der Waals surface area contributed by atoms with Crippen LogP contribution >= 0.6 is 0 Å². The highest BCUT2D eigenvalue weighted by Crippen LogP contribution is 2.27. The molecule has 2 atom stereocenters. The van der Waals surface area contributed by atoms with Crippen LogP contribution in [-0.4, -0.2) is 31.2 Å². The second-order valence-corrected chi connectivity index (χ2v) is 8.77. The standard InChI is InChI=1S/C19H30N2O3S/c1-4-8-15(3)19(22)20-16-10-12-18(13-11-16)25(23,24)21-14-7-6-9-17(21)5-2/h10-13,15,17H,4-9,14H2,1-3H3,(H,20,22). The van der Waals surface area contributed by atoms with Crippen molar-refractivity contribution < 1.29 is 13.2 Å². The summed E-state index contributed by atoms with van der Waals surface area (Å²) in [4.78, 5) is 12.4. The van der Waals surface area contributed by atoms with Gasteiger partial charge in [-0.1, -0.05) is 33.6 Å². The van der Waals surface area contributed by atoms with Gasteiger partial charge in [0.1, 0.15) is 0 Å². The zero-order chi connectivity index (χ0) is 18.4.